The van der Waals surface area contributed by atoms with E-state index < -0.39 is 5.24 Å². The van der Waals surface area contributed by atoms with Gasteiger partial charge in [-0.3, -0.25) is 4.79 Å². The number of aromatic nitrogens is 2. The van der Waals surface area contributed by atoms with Crippen LogP contribution in [0.1, 0.15) is 23.1 Å². The third kappa shape index (κ3) is 1.59. The molecule has 0 aliphatic heterocycles. The summed E-state index contributed by atoms with van der Waals surface area (Å²) in [5.74, 6) is 0. The van der Waals surface area contributed by atoms with Gasteiger partial charge in [0.1, 0.15) is 5.69 Å². The molecule has 0 bridgehead atoms. The zero-order valence-electron chi connectivity index (χ0n) is 9.83. The summed E-state index contributed by atoms with van der Waals surface area (Å²) in [6.45, 7) is 2.01. The average Bonchev–Trinajstić information content (AvgIpc) is 2.76. The molecule has 0 aliphatic rings. The van der Waals surface area contributed by atoms with Crippen molar-refractivity contribution in [1.29, 1.82) is 0 Å². The van der Waals surface area contributed by atoms with E-state index in [2.05, 4.69) is 9.97 Å². The number of para-hydroxylation sites is 1. The molecule has 0 atom stereocenters. The summed E-state index contributed by atoms with van der Waals surface area (Å²) in [4.78, 5) is 19.0. The van der Waals surface area contributed by atoms with Gasteiger partial charge < -0.3 is 4.98 Å². The van der Waals surface area contributed by atoms with E-state index in [0.29, 0.717) is 5.69 Å². The Labute approximate surface area is 109 Å². The number of H-pyrrole nitrogens is 1. The van der Waals surface area contributed by atoms with Gasteiger partial charge in [0.15, 0.2) is 0 Å². The first-order chi connectivity index (χ1) is 8.70. The molecule has 2 aromatic heterocycles. The van der Waals surface area contributed by atoms with E-state index in [9.17, 15) is 4.79 Å². The molecule has 18 heavy (non-hydrogen) atoms. The second-order valence-electron chi connectivity index (χ2n) is 4.17. The largest absolute Gasteiger partial charge is 0.353 e. The van der Waals surface area contributed by atoms with Crippen LogP contribution in [0.25, 0.3) is 21.8 Å². The van der Waals surface area contributed by atoms with Crippen LogP contribution in [-0.2, 0) is 6.42 Å². The molecule has 3 nitrogen and oxygen atoms in total. The van der Waals surface area contributed by atoms with Gasteiger partial charge in [0.05, 0.1) is 11.2 Å². The number of carbonyl (C=O) groups is 1. The van der Waals surface area contributed by atoms with Crippen molar-refractivity contribution in [2.24, 2.45) is 0 Å². The molecule has 1 N–H and O–H groups in total. The number of pyridine rings is 1. The first-order valence-corrected chi connectivity index (χ1v) is 6.18. The highest BCUT2D eigenvalue weighted by Crippen LogP contribution is 2.28. The molecule has 0 aliphatic carbocycles. The molecule has 1 aromatic carbocycles. The molecule has 0 spiro atoms. The molecule has 0 amide bonds. The van der Waals surface area contributed by atoms with Gasteiger partial charge >= 0.3 is 0 Å². The lowest BCUT2D eigenvalue weighted by Crippen LogP contribution is -1.98. The molecular weight excluding hydrogens is 248 g/mol. The minimum Gasteiger partial charge on any atom is -0.353 e. The smallest absolute Gasteiger partial charge is 0.270 e. The normalized spacial score (nSPS) is 11.2. The maximum Gasteiger partial charge on any atom is 0.270 e. The predicted octanol–water partition coefficient (Wildman–Crippen LogP) is 3.66. The Hall–Kier alpha value is -1.87. The molecule has 0 fully saturated rings. The quantitative estimate of drug-likeness (QED) is 0.713. The highest BCUT2D eigenvalue weighted by molar-refractivity contribution is 6.67. The van der Waals surface area contributed by atoms with Gasteiger partial charge in [-0.2, -0.15) is 0 Å². The van der Waals surface area contributed by atoms with Crippen LogP contribution in [-0.4, -0.2) is 15.2 Å². The molecule has 4 heteroatoms. The molecule has 0 saturated heterocycles. The Morgan fingerprint density at radius 1 is 1.33 bits per heavy atom. The summed E-state index contributed by atoms with van der Waals surface area (Å²) < 4.78 is 0. The maximum atomic E-state index is 11.3. The van der Waals surface area contributed by atoms with Crippen molar-refractivity contribution >= 4 is 38.6 Å². The molecular formula is C14H11ClN2O. The lowest BCUT2D eigenvalue weighted by molar-refractivity contribution is 0.107. The Morgan fingerprint density at radius 2 is 2.11 bits per heavy atom. The standard InChI is InChI=1S/C14H11ClN2O/c1-2-10-13-9(7-12(16-10)14(15)18)8-5-3-4-6-11(8)17-13/h3-7,17H,2H2,1H3. The van der Waals surface area contributed by atoms with Crippen LogP contribution >= 0.6 is 11.6 Å². The zero-order valence-corrected chi connectivity index (χ0v) is 10.6. The second kappa shape index (κ2) is 4.10. The van der Waals surface area contributed by atoms with Crippen molar-refractivity contribution in [3.05, 3.63) is 41.7 Å². The summed E-state index contributed by atoms with van der Waals surface area (Å²) in [5, 5.41) is 1.57. The van der Waals surface area contributed by atoms with Crippen molar-refractivity contribution in [1.82, 2.24) is 9.97 Å². The number of benzene rings is 1. The Balaban J connectivity index is 2.48. The van der Waals surface area contributed by atoms with Gasteiger partial charge in [-0.25, -0.2) is 4.98 Å². The molecule has 2 heterocycles. The van der Waals surface area contributed by atoms with E-state index in [1.54, 1.807) is 6.07 Å². The number of nitrogens with one attached hydrogen (secondary N) is 1. The summed E-state index contributed by atoms with van der Waals surface area (Å²) in [6, 6.07) is 9.74. The average molecular weight is 259 g/mol. The first-order valence-electron chi connectivity index (χ1n) is 5.81. The van der Waals surface area contributed by atoms with Gasteiger partial charge in [0.25, 0.3) is 5.24 Å². The van der Waals surface area contributed by atoms with Gasteiger partial charge in [-0.15, -0.1) is 0 Å². The number of rotatable bonds is 2. The monoisotopic (exact) mass is 258 g/mol. The summed E-state index contributed by atoms with van der Waals surface area (Å²) >= 11 is 5.54. The van der Waals surface area contributed by atoms with E-state index >= 15 is 0 Å². The number of halogens is 1. The van der Waals surface area contributed by atoms with E-state index in [0.717, 1.165) is 33.9 Å². The first kappa shape index (κ1) is 11.2. The van der Waals surface area contributed by atoms with Crippen LogP contribution in [0.4, 0.5) is 0 Å². The molecule has 3 aromatic rings. The number of fused-ring (bicyclic) bond motifs is 3. The van der Waals surface area contributed by atoms with E-state index in [1.165, 1.54) is 0 Å². The fourth-order valence-corrected chi connectivity index (χ4v) is 2.36. The van der Waals surface area contributed by atoms with Crippen molar-refractivity contribution in [2.45, 2.75) is 13.3 Å². The molecule has 90 valence electrons. The van der Waals surface area contributed by atoms with Gasteiger partial charge in [0.2, 0.25) is 0 Å². The Morgan fingerprint density at radius 3 is 2.83 bits per heavy atom. The van der Waals surface area contributed by atoms with Crippen LogP contribution < -0.4 is 0 Å². The molecule has 3 rings (SSSR count). The SMILES string of the molecule is CCc1nc(C(=O)Cl)cc2c1[nH]c1ccccc12. The van der Waals surface area contributed by atoms with Gasteiger partial charge in [0, 0.05) is 16.3 Å². The Kier molecular flexibility index (Phi) is 2.56. The summed E-state index contributed by atoms with van der Waals surface area (Å²) in [7, 11) is 0. The van der Waals surface area contributed by atoms with Crippen molar-refractivity contribution in [3.63, 3.8) is 0 Å². The highest BCUT2D eigenvalue weighted by Gasteiger charge is 2.13. The topological polar surface area (TPSA) is 45.8 Å². The third-order valence-corrected chi connectivity index (χ3v) is 3.30. The summed E-state index contributed by atoms with van der Waals surface area (Å²) in [6.07, 6.45) is 0.751. The van der Waals surface area contributed by atoms with Crippen LogP contribution in [0.2, 0.25) is 0 Å². The minimum absolute atomic E-state index is 0.311. The molecule has 0 saturated carbocycles. The third-order valence-electron chi connectivity index (χ3n) is 3.11. The zero-order chi connectivity index (χ0) is 12.7. The van der Waals surface area contributed by atoms with Crippen molar-refractivity contribution < 1.29 is 4.79 Å². The fourth-order valence-electron chi connectivity index (χ4n) is 2.27. The molecule has 0 unspecified atom stereocenters. The van der Waals surface area contributed by atoms with Crippen molar-refractivity contribution in [3.8, 4) is 0 Å². The minimum atomic E-state index is -0.517. The number of aryl methyl sites for hydroxylation is 1. The number of hydrogen-bond acceptors (Lipinski definition) is 2. The second-order valence-corrected chi connectivity index (χ2v) is 4.52. The lowest BCUT2D eigenvalue weighted by Gasteiger charge is -2.01. The number of carbonyl (C=O) groups excluding carboxylic acids is 1. The number of hydrogen-bond donors (Lipinski definition) is 1. The van der Waals surface area contributed by atoms with E-state index in [-0.39, 0.29) is 0 Å². The van der Waals surface area contributed by atoms with Gasteiger partial charge in [-0.1, -0.05) is 25.1 Å². The maximum absolute atomic E-state index is 11.3. The van der Waals surface area contributed by atoms with Crippen LogP contribution in [0, 0.1) is 0 Å². The van der Waals surface area contributed by atoms with Gasteiger partial charge in [-0.05, 0) is 30.2 Å². The van der Waals surface area contributed by atoms with Crippen LogP contribution in [0.3, 0.4) is 0 Å². The van der Waals surface area contributed by atoms with Crippen LogP contribution in [0.5, 0.6) is 0 Å². The van der Waals surface area contributed by atoms with Crippen LogP contribution in [0.15, 0.2) is 30.3 Å². The number of nitrogens with zero attached hydrogens (tertiary/aromatic N) is 1. The lowest BCUT2D eigenvalue weighted by atomic mass is 10.1. The Bertz CT molecular complexity index is 761. The van der Waals surface area contributed by atoms with Crippen molar-refractivity contribution in [2.75, 3.05) is 0 Å². The fraction of sp³-hybridized carbons (Fsp3) is 0.143. The molecule has 0 radical (unpaired) electrons. The number of aromatic amines is 1. The van der Waals surface area contributed by atoms with E-state index in [1.807, 2.05) is 31.2 Å². The van der Waals surface area contributed by atoms with E-state index in [4.69, 9.17) is 11.6 Å². The predicted molar refractivity (Wildman–Crippen MR) is 73.2 cm³/mol. The summed E-state index contributed by atoms with van der Waals surface area (Å²) in [5.41, 5.74) is 3.21. The highest BCUT2D eigenvalue weighted by atomic mass is 35.5.